The summed E-state index contributed by atoms with van der Waals surface area (Å²) in [5, 5.41) is 3.49. The molecule has 70 valence electrons. The molecule has 1 aromatic rings. The Labute approximate surface area is 95.2 Å². The molecule has 0 aromatic heterocycles. The number of benzene rings is 1. The Hall–Kier alpha value is 0.140. The van der Waals surface area contributed by atoms with E-state index in [-0.39, 0.29) is 0 Å². The Morgan fingerprint density at radius 1 is 1.15 bits per heavy atom. The molecule has 1 aliphatic carbocycles. The van der Waals surface area contributed by atoms with E-state index >= 15 is 0 Å². The van der Waals surface area contributed by atoms with Crippen LogP contribution >= 0.6 is 31.9 Å². The SMILES string of the molecule is Brc1cc(Br)cc(CNC2CC2)c1. The molecule has 1 aliphatic rings. The molecule has 0 unspecified atom stereocenters. The second-order valence-corrected chi connectivity index (χ2v) is 5.26. The number of nitrogens with one attached hydrogen (secondary N) is 1. The van der Waals surface area contributed by atoms with Gasteiger partial charge in [0.15, 0.2) is 0 Å². The smallest absolute Gasteiger partial charge is 0.0208 e. The summed E-state index contributed by atoms with van der Waals surface area (Å²) >= 11 is 6.96. The fourth-order valence-corrected chi connectivity index (χ4v) is 2.65. The predicted octanol–water partition coefficient (Wildman–Crippen LogP) is 3.46. The first kappa shape index (κ1) is 9.69. The third kappa shape index (κ3) is 3.08. The lowest BCUT2D eigenvalue weighted by molar-refractivity contribution is 0.687. The highest BCUT2D eigenvalue weighted by atomic mass is 79.9. The topological polar surface area (TPSA) is 12.0 Å². The maximum absolute atomic E-state index is 3.49. The molecule has 1 aromatic carbocycles. The van der Waals surface area contributed by atoms with Crippen LogP contribution in [0.15, 0.2) is 27.1 Å². The number of hydrogen-bond donors (Lipinski definition) is 1. The van der Waals surface area contributed by atoms with E-state index in [2.05, 4.69) is 55.4 Å². The molecule has 0 atom stereocenters. The first-order valence-electron chi connectivity index (χ1n) is 4.42. The highest BCUT2D eigenvalue weighted by molar-refractivity contribution is 9.11. The predicted molar refractivity (Wildman–Crippen MR) is 61.7 cm³/mol. The molecule has 0 bridgehead atoms. The zero-order chi connectivity index (χ0) is 9.26. The van der Waals surface area contributed by atoms with Crippen molar-refractivity contribution in [1.29, 1.82) is 0 Å². The monoisotopic (exact) mass is 303 g/mol. The van der Waals surface area contributed by atoms with E-state index < -0.39 is 0 Å². The van der Waals surface area contributed by atoms with Gasteiger partial charge in [-0.15, -0.1) is 0 Å². The van der Waals surface area contributed by atoms with Gasteiger partial charge in [0.05, 0.1) is 0 Å². The minimum absolute atomic E-state index is 0.776. The molecule has 0 saturated heterocycles. The van der Waals surface area contributed by atoms with Crippen LogP contribution in [0, 0.1) is 0 Å². The van der Waals surface area contributed by atoms with Crippen molar-refractivity contribution >= 4 is 31.9 Å². The van der Waals surface area contributed by atoms with Crippen LogP contribution in [-0.4, -0.2) is 6.04 Å². The van der Waals surface area contributed by atoms with Crippen LogP contribution in [0.4, 0.5) is 0 Å². The molecular formula is C10H11Br2N. The number of hydrogen-bond acceptors (Lipinski definition) is 1. The number of halogens is 2. The highest BCUT2D eigenvalue weighted by Crippen LogP contribution is 2.22. The average molecular weight is 305 g/mol. The van der Waals surface area contributed by atoms with E-state index in [9.17, 15) is 0 Å². The quantitative estimate of drug-likeness (QED) is 0.902. The zero-order valence-corrected chi connectivity index (χ0v) is 10.4. The summed E-state index contributed by atoms with van der Waals surface area (Å²) in [6, 6.07) is 7.14. The van der Waals surface area contributed by atoms with Crippen LogP contribution in [0.1, 0.15) is 18.4 Å². The van der Waals surface area contributed by atoms with Gasteiger partial charge < -0.3 is 5.32 Å². The van der Waals surface area contributed by atoms with Crippen molar-refractivity contribution in [2.45, 2.75) is 25.4 Å². The summed E-state index contributed by atoms with van der Waals surface area (Å²) in [4.78, 5) is 0. The van der Waals surface area contributed by atoms with Crippen molar-refractivity contribution in [3.63, 3.8) is 0 Å². The molecule has 1 fully saturated rings. The Morgan fingerprint density at radius 3 is 2.31 bits per heavy atom. The molecule has 1 nitrogen and oxygen atoms in total. The minimum atomic E-state index is 0.776. The van der Waals surface area contributed by atoms with E-state index in [1.165, 1.54) is 18.4 Å². The normalized spacial score (nSPS) is 16.2. The average Bonchev–Trinajstić information content (AvgIpc) is 2.81. The van der Waals surface area contributed by atoms with Gasteiger partial charge in [-0.05, 0) is 36.6 Å². The van der Waals surface area contributed by atoms with Crippen LogP contribution in [0.25, 0.3) is 0 Å². The lowest BCUT2D eigenvalue weighted by Crippen LogP contribution is -2.15. The van der Waals surface area contributed by atoms with Crippen molar-refractivity contribution in [2.75, 3.05) is 0 Å². The molecule has 3 heteroatoms. The molecule has 1 N–H and O–H groups in total. The molecule has 1 saturated carbocycles. The van der Waals surface area contributed by atoms with Gasteiger partial charge in [0, 0.05) is 21.5 Å². The summed E-state index contributed by atoms with van der Waals surface area (Å²) in [5.41, 5.74) is 1.33. The molecule has 0 heterocycles. The molecule has 2 rings (SSSR count). The van der Waals surface area contributed by atoms with Gasteiger partial charge in [0.25, 0.3) is 0 Å². The first-order valence-corrected chi connectivity index (χ1v) is 6.01. The second kappa shape index (κ2) is 4.11. The molecule has 0 aliphatic heterocycles. The second-order valence-electron chi connectivity index (χ2n) is 3.43. The van der Waals surface area contributed by atoms with Crippen LogP contribution in [-0.2, 0) is 6.54 Å². The zero-order valence-electron chi connectivity index (χ0n) is 7.19. The molecular weight excluding hydrogens is 294 g/mol. The van der Waals surface area contributed by atoms with Crippen LogP contribution in [0.5, 0.6) is 0 Å². The third-order valence-corrected chi connectivity index (χ3v) is 3.01. The Kier molecular flexibility index (Phi) is 3.06. The Morgan fingerprint density at radius 2 is 1.77 bits per heavy atom. The third-order valence-electron chi connectivity index (χ3n) is 2.09. The standard InChI is InChI=1S/C10H11Br2N/c11-8-3-7(4-9(12)5-8)6-13-10-1-2-10/h3-5,10,13H,1-2,6H2. The van der Waals surface area contributed by atoms with Gasteiger partial charge in [-0.3, -0.25) is 0 Å². The molecule has 13 heavy (non-hydrogen) atoms. The van der Waals surface area contributed by atoms with E-state index in [4.69, 9.17) is 0 Å². The van der Waals surface area contributed by atoms with E-state index in [0.29, 0.717) is 0 Å². The van der Waals surface area contributed by atoms with Gasteiger partial charge in [0.1, 0.15) is 0 Å². The summed E-state index contributed by atoms with van der Waals surface area (Å²) < 4.78 is 2.27. The van der Waals surface area contributed by atoms with Crippen LogP contribution in [0.3, 0.4) is 0 Å². The van der Waals surface area contributed by atoms with Gasteiger partial charge in [-0.2, -0.15) is 0 Å². The lowest BCUT2D eigenvalue weighted by Gasteiger charge is -2.04. The van der Waals surface area contributed by atoms with Crippen molar-refractivity contribution in [3.05, 3.63) is 32.7 Å². The van der Waals surface area contributed by atoms with Gasteiger partial charge >= 0.3 is 0 Å². The van der Waals surface area contributed by atoms with Crippen molar-refractivity contribution < 1.29 is 0 Å². The van der Waals surface area contributed by atoms with Crippen LogP contribution < -0.4 is 5.32 Å². The molecule has 0 radical (unpaired) electrons. The summed E-state index contributed by atoms with van der Waals surface area (Å²) in [6.45, 7) is 0.975. The first-order chi connectivity index (χ1) is 6.24. The maximum atomic E-state index is 3.49. The van der Waals surface area contributed by atoms with E-state index in [1.807, 2.05) is 0 Å². The van der Waals surface area contributed by atoms with Crippen molar-refractivity contribution in [1.82, 2.24) is 5.32 Å². The van der Waals surface area contributed by atoms with Gasteiger partial charge in [-0.25, -0.2) is 0 Å². The molecule has 0 amide bonds. The van der Waals surface area contributed by atoms with Crippen molar-refractivity contribution in [3.8, 4) is 0 Å². The summed E-state index contributed by atoms with van der Waals surface area (Å²) in [6.07, 6.45) is 2.68. The lowest BCUT2D eigenvalue weighted by atomic mass is 10.2. The van der Waals surface area contributed by atoms with Gasteiger partial charge in [0.2, 0.25) is 0 Å². The van der Waals surface area contributed by atoms with E-state index in [0.717, 1.165) is 21.5 Å². The maximum Gasteiger partial charge on any atom is 0.0208 e. The van der Waals surface area contributed by atoms with E-state index in [1.54, 1.807) is 0 Å². The van der Waals surface area contributed by atoms with Gasteiger partial charge in [-0.1, -0.05) is 31.9 Å². The summed E-state index contributed by atoms with van der Waals surface area (Å²) in [5.74, 6) is 0. The number of rotatable bonds is 3. The highest BCUT2D eigenvalue weighted by Gasteiger charge is 2.19. The largest absolute Gasteiger partial charge is 0.310 e. The Balaban J connectivity index is 2.01. The minimum Gasteiger partial charge on any atom is -0.310 e. The Bertz CT molecular complexity index is 288. The van der Waals surface area contributed by atoms with Crippen molar-refractivity contribution in [2.24, 2.45) is 0 Å². The summed E-state index contributed by atoms with van der Waals surface area (Å²) in [7, 11) is 0. The fraction of sp³-hybridized carbons (Fsp3) is 0.400. The van der Waals surface area contributed by atoms with Crippen LogP contribution in [0.2, 0.25) is 0 Å². The molecule has 0 spiro atoms. The fourth-order valence-electron chi connectivity index (χ4n) is 1.26.